The monoisotopic (exact) mass is 272 g/mol. The second-order valence-electron chi connectivity index (χ2n) is 4.22. The summed E-state index contributed by atoms with van der Waals surface area (Å²) in [5.41, 5.74) is 6.91. The van der Waals surface area contributed by atoms with Gasteiger partial charge in [0.2, 0.25) is 0 Å². The molecule has 0 radical (unpaired) electrons. The first-order chi connectivity index (χ1) is 9.10. The molecule has 0 amide bonds. The van der Waals surface area contributed by atoms with E-state index in [-0.39, 0.29) is 4.90 Å². The Hall–Kier alpha value is -2.27. The van der Waals surface area contributed by atoms with Gasteiger partial charge in [0.25, 0.3) is 10.0 Å². The largest absolute Gasteiger partial charge is 0.397 e. The van der Waals surface area contributed by atoms with E-state index in [1.165, 1.54) is 10.2 Å². The van der Waals surface area contributed by atoms with Crippen molar-refractivity contribution >= 4 is 26.6 Å². The lowest BCUT2D eigenvalue weighted by Crippen LogP contribution is -2.11. The fraction of sp³-hybridized carbons (Fsp3) is 0. The molecule has 0 atom stereocenters. The number of para-hydroxylation sites is 1. The number of fused-ring (bicyclic) bond motifs is 1. The lowest BCUT2D eigenvalue weighted by Gasteiger charge is -2.06. The molecule has 0 fully saturated rings. The summed E-state index contributed by atoms with van der Waals surface area (Å²) in [6.45, 7) is 0. The Morgan fingerprint density at radius 2 is 1.53 bits per heavy atom. The van der Waals surface area contributed by atoms with Gasteiger partial charge in [-0.3, -0.25) is 0 Å². The highest BCUT2D eigenvalue weighted by Crippen LogP contribution is 2.27. The van der Waals surface area contributed by atoms with Crippen LogP contribution in [0.4, 0.5) is 5.69 Å². The van der Waals surface area contributed by atoms with Crippen molar-refractivity contribution in [2.45, 2.75) is 4.90 Å². The predicted octanol–water partition coefficient (Wildman–Crippen LogP) is 2.46. The van der Waals surface area contributed by atoms with Gasteiger partial charge in [-0.25, -0.2) is 12.4 Å². The second-order valence-corrected chi connectivity index (χ2v) is 6.03. The molecular weight excluding hydrogens is 260 g/mol. The SMILES string of the molecule is Nc1cn(S(=O)(=O)c2ccccc2)c2ccccc12. The number of hydrogen-bond donors (Lipinski definition) is 1. The number of nitrogen functional groups attached to an aromatic ring is 1. The molecule has 2 N–H and O–H groups in total. The molecule has 0 aliphatic rings. The van der Waals surface area contributed by atoms with Crippen LogP contribution in [-0.4, -0.2) is 12.4 Å². The van der Waals surface area contributed by atoms with Gasteiger partial charge < -0.3 is 5.73 Å². The minimum Gasteiger partial charge on any atom is -0.397 e. The number of aromatic nitrogens is 1. The van der Waals surface area contributed by atoms with Gasteiger partial charge in [-0.05, 0) is 18.2 Å². The van der Waals surface area contributed by atoms with Gasteiger partial charge in [-0.2, -0.15) is 0 Å². The van der Waals surface area contributed by atoms with E-state index in [0.29, 0.717) is 11.2 Å². The van der Waals surface area contributed by atoms with E-state index in [1.54, 1.807) is 42.5 Å². The van der Waals surface area contributed by atoms with Gasteiger partial charge in [0.15, 0.2) is 0 Å². The van der Waals surface area contributed by atoms with Gasteiger partial charge in [0.05, 0.1) is 16.1 Å². The predicted molar refractivity (Wildman–Crippen MR) is 75.4 cm³/mol. The van der Waals surface area contributed by atoms with Crippen LogP contribution in [0.15, 0.2) is 65.7 Å². The van der Waals surface area contributed by atoms with Crippen LogP contribution in [0.3, 0.4) is 0 Å². The molecule has 1 heterocycles. The van der Waals surface area contributed by atoms with E-state index in [9.17, 15) is 8.42 Å². The Kier molecular flexibility index (Phi) is 2.57. The lowest BCUT2D eigenvalue weighted by molar-refractivity contribution is 0.589. The fourth-order valence-corrected chi connectivity index (χ4v) is 3.48. The molecule has 3 rings (SSSR count). The number of benzene rings is 2. The number of anilines is 1. The highest BCUT2D eigenvalue weighted by molar-refractivity contribution is 7.90. The van der Waals surface area contributed by atoms with E-state index in [4.69, 9.17) is 5.73 Å². The van der Waals surface area contributed by atoms with Crippen LogP contribution in [0.2, 0.25) is 0 Å². The first-order valence-corrected chi connectivity index (χ1v) is 7.21. The van der Waals surface area contributed by atoms with Crippen molar-refractivity contribution in [1.29, 1.82) is 0 Å². The molecule has 0 unspecified atom stereocenters. The molecule has 3 aromatic rings. The number of nitrogens with zero attached hydrogens (tertiary/aromatic N) is 1. The summed E-state index contributed by atoms with van der Waals surface area (Å²) in [6, 6.07) is 15.5. The third kappa shape index (κ3) is 1.79. The first-order valence-electron chi connectivity index (χ1n) is 5.77. The third-order valence-corrected chi connectivity index (χ3v) is 4.70. The Balaban J connectivity index is 2.31. The number of hydrogen-bond acceptors (Lipinski definition) is 3. The maximum Gasteiger partial charge on any atom is 0.268 e. The number of nitrogens with two attached hydrogens (primary N) is 1. The summed E-state index contributed by atoms with van der Waals surface area (Å²) in [5, 5.41) is 0.738. The van der Waals surface area contributed by atoms with Crippen molar-refractivity contribution < 1.29 is 8.42 Å². The maximum absolute atomic E-state index is 12.6. The fourth-order valence-electron chi connectivity index (χ4n) is 2.08. The Bertz CT molecular complexity index is 836. The van der Waals surface area contributed by atoms with Crippen LogP contribution in [0.25, 0.3) is 10.9 Å². The normalized spacial score (nSPS) is 11.8. The Morgan fingerprint density at radius 1 is 0.895 bits per heavy atom. The van der Waals surface area contributed by atoms with E-state index in [1.807, 2.05) is 12.1 Å². The quantitative estimate of drug-likeness (QED) is 0.779. The highest BCUT2D eigenvalue weighted by Gasteiger charge is 2.19. The molecule has 0 spiro atoms. The topological polar surface area (TPSA) is 65.1 Å². The van der Waals surface area contributed by atoms with Crippen molar-refractivity contribution in [3.8, 4) is 0 Å². The Labute approximate surface area is 111 Å². The van der Waals surface area contributed by atoms with Crippen LogP contribution < -0.4 is 5.73 Å². The number of rotatable bonds is 2. The van der Waals surface area contributed by atoms with E-state index in [0.717, 1.165) is 5.39 Å². The summed E-state index contributed by atoms with van der Waals surface area (Å²) in [7, 11) is -3.61. The van der Waals surface area contributed by atoms with Crippen molar-refractivity contribution in [2.75, 3.05) is 5.73 Å². The van der Waals surface area contributed by atoms with E-state index >= 15 is 0 Å². The molecule has 0 saturated carbocycles. The van der Waals surface area contributed by atoms with Crippen LogP contribution >= 0.6 is 0 Å². The molecular formula is C14H12N2O2S. The second kappa shape index (κ2) is 4.13. The van der Waals surface area contributed by atoms with Gasteiger partial charge >= 0.3 is 0 Å². The smallest absolute Gasteiger partial charge is 0.268 e. The molecule has 4 nitrogen and oxygen atoms in total. The summed E-state index contributed by atoms with van der Waals surface area (Å²) in [6.07, 6.45) is 1.45. The molecule has 5 heteroatoms. The minimum absolute atomic E-state index is 0.246. The van der Waals surface area contributed by atoms with Gasteiger partial charge in [-0.1, -0.05) is 36.4 Å². The molecule has 0 bridgehead atoms. The standard InChI is InChI=1S/C14H12N2O2S/c15-13-10-16(14-9-5-4-8-12(13)14)19(17,18)11-6-2-1-3-7-11/h1-10H,15H2. The zero-order valence-corrected chi connectivity index (χ0v) is 10.8. The summed E-state index contributed by atoms with van der Waals surface area (Å²) >= 11 is 0. The average Bonchev–Trinajstić information content (AvgIpc) is 2.79. The zero-order chi connectivity index (χ0) is 13.5. The van der Waals surface area contributed by atoms with Crippen LogP contribution in [0.1, 0.15) is 0 Å². The Morgan fingerprint density at radius 3 is 2.26 bits per heavy atom. The van der Waals surface area contributed by atoms with Gasteiger partial charge in [0.1, 0.15) is 0 Å². The summed E-state index contributed by atoms with van der Waals surface area (Å²) in [4.78, 5) is 0.246. The molecule has 96 valence electrons. The molecule has 0 aliphatic heterocycles. The van der Waals surface area contributed by atoms with Crippen LogP contribution in [0.5, 0.6) is 0 Å². The van der Waals surface area contributed by atoms with Gasteiger partial charge in [-0.15, -0.1) is 0 Å². The third-order valence-electron chi connectivity index (χ3n) is 3.01. The summed E-state index contributed by atoms with van der Waals surface area (Å²) in [5.74, 6) is 0. The van der Waals surface area contributed by atoms with Crippen LogP contribution in [0, 0.1) is 0 Å². The maximum atomic E-state index is 12.6. The van der Waals surface area contributed by atoms with E-state index < -0.39 is 10.0 Å². The first kappa shape index (κ1) is 11.8. The average molecular weight is 272 g/mol. The minimum atomic E-state index is -3.61. The molecule has 2 aromatic carbocycles. The lowest BCUT2D eigenvalue weighted by atomic mass is 10.2. The zero-order valence-electron chi connectivity index (χ0n) is 10.0. The molecule has 0 saturated heterocycles. The summed E-state index contributed by atoms with van der Waals surface area (Å²) < 4.78 is 26.4. The molecule has 0 aliphatic carbocycles. The van der Waals surface area contributed by atoms with E-state index in [2.05, 4.69) is 0 Å². The molecule has 19 heavy (non-hydrogen) atoms. The van der Waals surface area contributed by atoms with Crippen molar-refractivity contribution in [2.24, 2.45) is 0 Å². The van der Waals surface area contributed by atoms with Crippen molar-refractivity contribution in [3.63, 3.8) is 0 Å². The van der Waals surface area contributed by atoms with Crippen LogP contribution in [-0.2, 0) is 10.0 Å². The highest BCUT2D eigenvalue weighted by atomic mass is 32.2. The van der Waals surface area contributed by atoms with Gasteiger partial charge in [0, 0.05) is 11.6 Å². The molecule has 1 aromatic heterocycles. The van der Waals surface area contributed by atoms with Crippen molar-refractivity contribution in [3.05, 3.63) is 60.8 Å². The van der Waals surface area contributed by atoms with Crippen molar-refractivity contribution in [1.82, 2.24) is 3.97 Å².